The number of nitrogens with one attached hydrogen (secondary N) is 2. The number of aromatic amines is 1. The van der Waals surface area contributed by atoms with Crippen molar-refractivity contribution in [2.24, 2.45) is 0 Å². The summed E-state index contributed by atoms with van der Waals surface area (Å²) in [5.74, 6) is 0.883. The predicted molar refractivity (Wildman–Crippen MR) is 112 cm³/mol. The largest absolute Gasteiger partial charge is 0.488 e. The highest BCUT2D eigenvalue weighted by Gasteiger charge is 2.13. The number of nitrogens with zero attached hydrogens (tertiary/aromatic N) is 2. The normalized spacial score (nSPS) is 10.8. The van der Waals surface area contributed by atoms with Crippen LogP contribution in [0.5, 0.6) is 11.5 Å². The van der Waals surface area contributed by atoms with Crippen molar-refractivity contribution in [2.75, 3.05) is 27.2 Å². The van der Waals surface area contributed by atoms with E-state index in [4.69, 9.17) is 9.47 Å². The minimum atomic E-state index is -0.528. The summed E-state index contributed by atoms with van der Waals surface area (Å²) in [6, 6.07) is 13.4. The van der Waals surface area contributed by atoms with E-state index in [0.29, 0.717) is 24.7 Å². The summed E-state index contributed by atoms with van der Waals surface area (Å²) in [6.07, 6.45) is 3.00. The Morgan fingerprint density at radius 3 is 2.72 bits per heavy atom. The second kappa shape index (κ2) is 9.75. The molecule has 0 unspecified atom stereocenters. The van der Waals surface area contributed by atoms with E-state index in [2.05, 4.69) is 15.5 Å². The zero-order chi connectivity index (χ0) is 20.6. The molecule has 0 radical (unpaired) electrons. The van der Waals surface area contributed by atoms with E-state index in [1.165, 1.54) is 0 Å². The van der Waals surface area contributed by atoms with Gasteiger partial charge < -0.3 is 19.7 Å². The zero-order valence-corrected chi connectivity index (χ0v) is 16.9. The number of aromatic nitrogens is 2. The Kier molecular flexibility index (Phi) is 6.86. The van der Waals surface area contributed by atoms with Gasteiger partial charge in [-0.1, -0.05) is 35.9 Å². The summed E-state index contributed by atoms with van der Waals surface area (Å²) >= 11 is 0. The molecule has 1 aromatic heterocycles. The van der Waals surface area contributed by atoms with Crippen LogP contribution >= 0.6 is 0 Å². The second-order valence-corrected chi connectivity index (χ2v) is 7.03. The van der Waals surface area contributed by atoms with Crippen molar-refractivity contribution in [1.29, 1.82) is 0 Å². The van der Waals surface area contributed by atoms with Gasteiger partial charge in [0.2, 0.25) is 0 Å². The average molecular weight is 394 g/mol. The van der Waals surface area contributed by atoms with Gasteiger partial charge in [0.25, 0.3) is 0 Å². The van der Waals surface area contributed by atoms with E-state index in [-0.39, 0.29) is 0 Å². The van der Waals surface area contributed by atoms with Crippen molar-refractivity contribution in [3.63, 3.8) is 0 Å². The van der Waals surface area contributed by atoms with E-state index >= 15 is 0 Å². The number of H-pyrrole nitrogens is 1. The number of ether oxygens (including phenoxy) is 2. The smallest absolute Gasteiger partial charge is 0.413 e. The molecule has 29 heavy (non-hydrogen) atoms. The standard InChI is InChI=1S/C22H26N4O3/c1-16-5-4-6-17(11-16)13-23-22(27)29-20-8-7-18(19-14-24-25-15-19)12-21(20)28-10-9-26(2)3/h4-8,11-12,14-15H,9-10,13H2,1-3H3,(H,23,27)(H,24,25). The fraction of sp³-hybridized carbons (Fsp3) is 0.273. The highest BCUT2D eigenvalue weighted by Crippen LogP contribution is 2.32. The lowest BCUT2D eigenvalue weighted by molar-refractivity contribution is 0.195. The third-order valence-corrected chi connectivity index (χ3v) is 4.29. The van der Waals surface area contributed by atoms with Crippen molar-refractivity contribution < 1.29 is 14.3 Å². The van der Waals surface area contributed by atoms with Gasteiger partial charge in [0.15, 0.2) is 11.5 Å². The maximum absolute atomic E-state index is 12.3. The Bertz CT molecular complexity index is 939. The number of rotatable bonds is 8. The predicted octanol–water partition coefficient (Wildman–Crippen LogP) is 3.61. The summed E-state index contributed by atoms with van der Waals surface area (Å²) in [5, 5.41) is 9.55. The molecule has 0 fully saturated rings. The molecule has 2 N–H and O–H groups in total. The van der Waals surface area contributed by atoms with E-state index in [1.54, 1.807) is 18.5 Å². The van der Waals surface area contributed by atoms with Crippen LogP contribution in [0.15, 0.2) is 54.9 Å². The van der Waals surface area contributed by atoms with Gasteiger partial charge in [-0.05, 0) is 44.3 Å². The molecule has 0 atom stereocenters. The van der Waals surface area contributed by atoms with Crippen molar-refractivity contribution in [3.05, 3.63) is 66.0 Å². The summed E-state index contributed by atoms with van der Waals surface area (Å²) in [4.78, 5) is 14.3. The SMILES string of the molecule is Cc1cccc(CNC(=O)Oc2ccc(-c3cn[nH]c3)cc2OCCN(C)C)c1. The maximum atomic E-state index is 12.3. The van der Waals surface area contributed by atoms with Crippen LogP contribution in [0.2, 0.25) is 0 Å². The van der Waals surface area contributed by atoms with Crippen LogP contribution in [0.25, 0.3) is 11.1 Å². The van der Waals surface area contributed by atoms with Crippen LogP contribution in [-0.4, -0.2) is 48.4 Å². The third-order valence-electron chi connectivity index (χ3n) is 4.29. The number of benzene rings is 2. The Morgan fingerprint density at radius 2 is 2.00 bits per heavy atom. The lowest BCUT2D eigenvalue weighted by Crippen LogP contribution is -2.26. The minimum absolute atomic E-state index is 0.373. The number of carbonyl (C=O) groups excluding carboxylic acids is 1. The van der Waals surface area contributed by atoms with E-state index in [9.17, 15) is 4.79 Å². The molecule has 1 amide bonds. The first kappa shape index (κ1) is 20.4. The molecule has 0 saturated carbocycles. The fourth-order valence-electron chi connectivity index (χ4n) is 2.76. The van der Waals surface area contributed by atoms with Gasteiger partial charge in [-0.3, -0.25) is 5.10 Å². The summed E-state index contributed by atoms with van der Waals surface area (Å²) < 4.78 is 11.4. The van der Waals surface area contributed by atoms with E-state index in [0.717, 1.165) is 28.8 Å². The molecule has 152 valence electrons. The monoisotopic (exact) mass is 394 g/mol. The lowest BCUT2D eigenvalue weighted by atomic mass is 10.1. The molecule has 7 heteroatoms. The molecule has 0 aliphatic carbocycles. The van der Waals surface area contributed by atoms with Crippen LogP contribution in [0.1, 0.15) is 11.1 Å². The van der Waals surface area contributed by atoms with Crippen molar-refractivity contribution >= 4 is 6.09 Å². The average Bonchev–Trinajstić information content (AvgIpc) is 3.22. The number of likely N-dealkylation sites (N-methyl/N-ethyl adjacent to an activating group) is 1. The highest BCUT2D eigenvalue weighted by atomic mass is 16.6. The van der Waals surface area contributed by atoms with Crippen LogP contribution in [0.4, 0.5) is 4.79 Å². The Hall–Kier alpha value is -3.32. The minimum Gasteiger partial charge on any atom is -0.488 e. The van der Waals surface area contributed by atoms with E-state index in [1.807, 2.05) is 62.3 Å². The van der Waals surface area contributed by atoms with Crippen molar-refractivity contribution in [2.45, 2.75) is 13.5 Å². The molecule has 0 spiro atoms. The van der Waals surface area contributed by atoms with E-state index < -0.39 is 6.09 Å². The van der Waals surface area contributed by atoms with Crippen LogP contribution in [-0.2, 0) is 6.54 Å². The third kappa shape index (κ3) is 6.08. The maximum Gasteiger partial charge on any atom is 0.413 e. The van der Waals surface area contributed by atoms with Crippen LogP contribution in [0.3, 0.4) is 0 Å². The quantitative estimate of drug-likeness (QED) is 0.610. The lowest BCUT2D eigenvalue weighted by Gasteiger charge is -2.15. The van der Waals surface area contributed by atoms with Gasteiger partial charge in [-0.15, -0.1) is 0 Å². The number of hydrogen-bond acceptors (Lipinski definition) is 5. The molecule has 0 saturated heterocycles. The van der Waals surface area contributed by atoms with Gasteiger partial charge in [0.05, 0.1) is 6.20 Å². The summed E-state index contributed by atoms with van der Waals surface area (Å²) in [6.45, 7) is 3.63. The van der Waals surface area contributed by atoms with Crippen LogP contribution < -0.4 is 14.8 Å². The van der Waals surface area contributed by atoms with Crippen LogP contribution in [0, 0.1) is 6.92 Å². The molecular weight excluding hydrogens is 368 g/mol. The second-order valence-electron chi connectivity index (χ2n) is 7.03. The van der Waals surface area contributed by atoms with Gasteiger partial charge in [-0.25, -0.2) is 4.79 Å². The first-order valence-electron chi connectivity index (χ1n) is 9.43. The fourth-order valence-corrected chi connectivity index (χ4v) is 2.76. The number of aryl methyl sites for hydroxylation is 1. The number of hydrogen-bond donors (Lipinski definition) is 2. The first-order valence-corrected chi connectivity index (χ1v) is 9.43. The molecule has 7 nitrogen and oxygen atoms in total. The molecule has 0 bridgehead atoms. The van der Waals surface area contributed by atoms with Gasteiger partial charge in [-0.2, -0.15) is 5.10 Å². The van der Waals surface area contributed by atoms with Gasteiger partial charge >= 0.3 is 6.09 Å². The van der Waals surface area contributed by atoms with Gasteiger partial charge in [0, 0.05) is 24.8 Å². The van der Waals surface area contributed by atoms with Crippen molar-refractivity contribution in [3.8, 4) is 22.6 Å². The first-order chi connectivity index (χ1) is 14.0. The Labute approximate surface area is 170 Å². The number of amides is 1. The molecule has 0 aliphatic rings. The Morgan fingerprint density at radius 1 is 1.14 bits per heavy atom. The molecule has 3 rings (SSSR count). The Balaban J connectivity index is 1.69. The van der Waals surface area contributed by atoms with Gasteiger partial charge in [0.1, 0.15) is 6.61 Å². The van der Waals surface area contributed by atoms with Crippen molar-refractivity contribution in [1.82, 2.24) is 20.4 Å². The zero-order valence-electron chi connectivity index (χ0n) is 16.9. The number of carbonyl (C=O) groups is 1. The summed E-state index contributed by atoms with van der Waals surface area (Å²) in [5.41, 5.74) is 4.01. The molecule has 3 aromatic rings. The topological polar surface area (TPSA) is 79.5 Å². The molecule has 1 heterocycles. The molecule has 2 aromatic carbocycles. The molecule has 0 aliphatic heterocycles. The molecular formula is C22H26N4O3. The highest BCUT2D eigenvalue weighted by molar-refractivity contribution is 5.73. The summed E-state index contributed by atoms with van der Waals surface area (Å²) in [7, 11) is 3.95.